The molecule has 11 amide bonds. The average molecular weight is 1550 g/mol. The SMILES string of the molecule is CSCC[C@H](NC(=O)[C@H](CC(C)C)NC(=O)[C@H](Cc1cnc[nH]1)NC(=O)CNC(=O)[C@@H](NC(=O)[C@H](C)NC(=O)[C@H](Cc1cn(C(=O)[C@@H](N)CCC(N)=O)c2ccccc12)NC(=O)c1cccc2cc(NC(=O)CNC(=O)CN3CCN(CC(=O)O)CCN(CC(=O)O)CCN(CC(=O)O)CC3)ccc12)C(C)C)C(N)=O. The van der Waals surface area contributed by atoms with Gasteiger partial charge in [0, 0.05) is 106 Å². The summed E-state index contributed by atoms with van der Waals surface area (Å²) in [4.78, 5) is 212. The Morgan fingerprint density at radius 1 is 0.573 bits per heavy atom. The number of nitrogens with two attached hydrogens (primary N) is 3. The highest BCUT2D eigenvalue weighted by Gasteiger charge is 2.34. The molecule has 0 bridgehead atoms. The standard InChI is InChI=1S/C72H101N19O18S/c1-41(2)28-53(69(106)83-52(65(75)102)18-27-110-6)85-70(107)55(31-47-32-76-40-79-47)82-59(94)34-78-71(108)64(42(3)4)86-66(103)43(5)80-68(105)54(30-45-35-91(56-13-8-7-11-49(45)56)72(109)51(73)16-17-57(74)92)84-67(104)50-12-9-10-44-29-46(14-15-48(44)50)81-58(93)33-77-60(95)36-87-19-21-88(37-61(96)97)23-25-90(39-63(100)101)26-24-89(22-20-87)38-62(98)99/h7-15,29,32,35,40-43,51-55,64H,16-28,30-31,33-34,36-39,73H2,1-6H3,(H2,74,92)(H2,75,102)(H,76,79)(H,77,95)(H,78,108)(H,80,105)(H,81,93)(H,82,94)(H,83,106)(H,84,104)(H,85,107)(H,86,103)(H,96,97)(H,98,99)(H,100,101)/t43-,51-,52-,53-,54-,55-,64-/m0/s1. The minimum atomic E-state index is -1.52. The lowest BCUT2D eigenvalue weighted by Crippen LogP contribution is -2.59. The number of aromatic nitrogens is 3. The van der Waals surface area contributed by atoms with E-state index in [4.69, 9.17) is 17.2 Å². The van der Waals surface area contributed by atoms with Crippen molar-refractivity contribution in [2.45, 2.75) is 115 Å². The Labute approximate surface area is 638 Å². The average Bonchev–Trinajstić information content (AvgIpc) is 1.63. The number of amides is 11. The number of nitrogens with zero attached hydrogens (tertiary/aromatic N) is 6. The number of carbonyl (C=O) groups excluding carboxylic acids is 12. The number of hydrogen-bond donors (Lipinski definition) is 16. The van der Waals surface area contributed by atoms with E-state index in [0.717, 1.165) is 0 Å². The monoisotopic (exact) mass is 1550 g/mol. The number of fused-ring (bicyclic) bond motifs is 2. The summed E-state index contributed by atoms with van der Waals surface area (Å²) in [5.74, 6) is -12.5. The normalized spacial score (nSPS) is 15.4. The van der Waals surface area contributed by atoms with Gasteiger partial charge in [0.2, 0.25) is 65.0 Å². The summed E-state index contributed by atoms with van der Waals surface area (Å²) in [7, 11) is 0. The van der Waals surface area contributed by atoms with Gasteiger partial charge >= 0.3 is 17.9 Å². The van der Waals surface area contributed by atoms with Gasteiger partial charge in [0.15, 0.2) is 0 Å². The largest absolute Gasteiger partial charge is 0.480 e. The first-order chi connectivity index (χ1) is 52.2. The molecule has 6 rings (SSSR count). The van der Waals surface area contributed by atoms with Crippen molar-refractivity contribution in [3.63, 3.8) is 0 Å². The van der Waals surface area contributed by atoms with E-state index < -0.39 is 150 Å². The number of carboxylic acid groups (broad SMARTS) is 3. The Kier molecular flexibility index (Phi) is 34.6. The predicted molar refractivity (Wildman–Crippen MR) is 405 cm³/mol. The molecule has 0 spiro atoms. The fourth-order valence-electron chi connectivity index (χ4n) is 12.2. The number of para-hydroxylation sites is 1. The van der Waals surface area contributed by atoms with E-state index in [0.29, 0.717) is 38.7 Å². The van der Waals surface area contributed by atoms with Crippen molar-refractivity contribution in [2.24, 2.45) is 29.0 Å². The molecule has 2 aromatic heterocycles. The van der Waals surface area contributed by atoms with Gasteiger partial charge < -0.3 is 85.4 Å². The van der Waals surface area contributed by atoms with Gasteiger partial charge in [0.25, 0.3) is 5.91 Å². The number of primary amides is 2. The molecule has 5 aromatic rings. The van der Waals surface area contributed by atoms with Crippen LogP contribution in [0.5, 0.6) is 0 Å². The molecular formula is C72H101N19O18S. The molecule has 3 heterocycles. The summed E-state index contributed by atoms with van der Waals surface area (Å²) in [6, 6.07) is 7.02. The predicted octanol–water partition coefficient (Wildman–Crippen LogP) is -2.63. The number of nitrogens with one attached hydrogen (secondary N) is 10. The molecule has 0 radical (unpaired) electrons. The first-order valence-corrected chi connectivity index (χ1v) is 37.2. The molecule has 110 heavy (non-hydrogen) atoms. The van der Waals surface area contributed by atoms with Gasteiger partial charge in [0.1, 0.15) is 36.3 Å². The lowest BCUT2D eigenvalue weighted by molar-refractivity contribution is -0.140. The van der Waals surface area contributed by atoms with Crippen LogP contribution in [-0.4, -0.2) is 284 Å². The number of imidazole rings is 1. The molecule has 37 nitrogen and oxygen atoms in total. The Morgan fingerprint density at radius 3 is 1.71 bits per heavy atom. The van der Waals surface area contributed by atoms with Gasteiger partial charge in [0.05, 0.1) is 57.2 Å². The number of thioether (sulfide) groups is 1. The smallest absolute Gasteiger partial charge is 0.317 e. The third-order valence-corrected chi connectivity index (χ3v) is 18.6. The van der Waals surface area contributed by atoms with Crippen LogP contribution in [0.4, 0.5) is 5.69 Å². The zero-order valence-electron chi connectivity index (χ0n) is 62.3. The third-order valence-electron chi connectivity index (χ3n) is 18.0. The van der Waals surface area contributed by atoms with Crippen molar-refractivity contribution in [3.8, 4) is 0 Å². The number of rotatable bonds is 40. The fraction of sp³-hybridized carbons (Fsp3) is 0.500. The second kappa shape index (κ2) is 43.3. The van der Waals surface area contributed by atoms with Crippen LogP contribution in [0, 0.1) is 11.8 Å². The van der Waals surface area contributed by atoms with E-state index in [-0.39, 0.29) is 134 Å². The number of anilines is 1. The van der Waals surface area contributed by atoms with Gasteiger partial charge in [-0.05, 0) is 90.6 Å². The summed E-state index contributed by atoms with van der Waals surface area (Å²) in [5, 5.41) is 53.8. The Bertz CT molecular complexity index is 4070. The van der Waals surface area contributed by atoms with Crippen LogP contribution in [0.1, 0.15) is 86.7 Å². The second-order valence-corrected chi connectivity index (χ2v) is 28.6. The van der Waals surface area contributed by atoms with Crippen molar-refractivity contribution in [1.82, 2.24) is 76.7 Å². The van der Waals surface area contributed by atoms with Gasteiger partial charge in [-0.15, -0.1) is 0 Å². The van der Waals surface area contributed by atoms with Crippen molar-refractivity contribution in [3.05, 3.63) is 96.2 Å². The first kappa shape index (κ1) is 88.0. The summed E-state index contributed by atoms with van der Waals surface area (Å²) in [6.07, 6.45) is 5.76. The Hall–Kier alpha value is -10.9. The molecule has 19 N–H and O–H groups in total. The number of hydrogen-bond acceptors (Lipinski definition) is 22. The molecule has 0 aliphatic carbocycles. The molecular weight excluding hydrogens is 1450 g/mol. The second-order valence-electron chi connectivity index (χ2n) is 27.6. The molecule has 1 saturated heterocycles. The molecule has 38 heteroatoms. The fourth-order valence-corrected chi connectivity index (χ4v) is 12.6. The summed E-state index contributed by atoms with van der Waals surface area (Å²) >= 11 is 1.45. The van der Waals surface area contributed by atoms with Gasteiger partial charge in [-0.25, -0.2) is 4.98 Å². The van der Waals surface area contributed by atoms with E-state index in [1.807, 2.05) is 20.1 Å². The topological polar surface area (TPSA) is 550 Å². The van der Waals surface area contributed by atoms with Crippen LogP contribution in [0.2, 0.25) is 0 Å². The summed E-state index contributed by atoms with van der Waals surface area (Å²) in [6.45, 7) is 7.04. The number of aromatic amines is 1. The maximum absolute atomic E-state index is 14.8. The number of aliphatic carboxylic acids is 3. The molecule has 0 saturated carbocycles. The van der Waals surface area contributed by atoms with Crippen molar-refractivity contribution < 1.29 is 87.2 Å². The van der Waals surface area contributed by atoms with Crippen LogP contribution in [0.3, 0.4) is 0 Å². The highest BCUT2D eigenvalue weighted by molar-refractivity contribution is 7.98. The van der Waals surface area contributed by atoms with E-state index >= 15 is 0 Å². The highest BCUT2D eigenvalue weighted by atomic mass is 32.2. The van der Waals surface area contributed by atoms with Gasteiger partial charge in [-0.3, -0.25) is 96.1 Å². The lowest BCUT2D eigenvalue weighted by Gasteiger charge is -2.32. The highest BCUT2D eigenvalue weighted by Crippen LogP contribution is 2.26. The van der Waals surface area contributed by atoms with Crippen LogP contribution in [-0.2, 0) is 75.2 Å². The van der Waals surface area contributed by atoms with Crippen molar-refractivity contribution in [2.75, 3.05) is 109 Å². The number of H-pyrrole nitrogens is 1. The molecule has 1 fully saturated rings. The Morgan fingerprint density at radius 2 is 1.15 bits per heavy atom. The van der Waals surface area contributed by atoms with Crippen LogP contribution < -0.4 is 65.1 Å². The summed E-state index contributed by atoms with van der Waals surface area (Å²) < 4.78 is 1.27. The van der Waals surface area contributed by atoms with Crippen molar-refractivity contribution >= 4 is 128 Å². The quantitative estimate of drug-likeness (QED) is 0.0191. The minimum absolute atomic E-state index is 0.0533. The molecule has 3 aromatic carbocycles. The minimum Gasteiger partial charge on any atom is -0.480 e. The van der Waals surface area contributed by atoms with Crippen LogP contribution >= 0.6 is 11.8 Å². The molecule has 1 aliphatic heterocycles. The number of carbonyl (C=O) groups is 15. The van der Waals surface area contributed by atoms with E-state index in [1.54, 1.807) is 82.0 Å². The van der Waals surface area contributed by atoms with Crippen molar-refractivity contribution in [1.29, 1.82) is 0 Å². The molecule has 7 atom stereocenters. The molecule has 0 unspecified atom stereocenters. The zero-order valence-corrected chi connectivity index (χ0v) is 63.2. The maximum Gasteiger partial charge on any atom is 0.317 e. The molecule has 1 aliphatic rings. The Balaban J connectivity index is 1.16. The first-order valence-electron chi connectivity index (χ1n) is 35.8. The number of benzene rings is 3. The van der Waals surface area contributed by atoms with E-state index in [2.05, 4.69) is 57.8 Å². The van der Waals surface area contributed by atoms with Crippen LogP contribution in [0.15, 0.2) is 79.4 Å². The van der Waals surface area contributed by atoms with Gasteiger partial charge in [-0.2, -0.15) is 11.8 Å². The number of carboxylic acids is 3. The zero-order chi connectivity index (χ0) is 80.9. The molecule has 598 valence electrons. The third kappa shape index (κ3) is 28.6. The van der Waals surface area contributed by atoms with Crippen LogP contribution in [0.25, 0.3) is 21.7 Å². The maximum atomic E-state index is 14.8. The van der Waals surface area contributed by atoms with Gasteiger partial charge in [-0.1, -0.05) is 64.1 Å². The summed E-state index contributed by atoms with van der Waals surface area (Å²) in [5.41, 5.74) is 18.7. The lowest BCUT2D eigenvalue weighted by atomic mass is 10.0. The van der Waals surface area contributed by atoms with E-state index in [9.17, 15) is 87.2 Å². The van der Waals surface area contributed by atoms with E-state index in [1.165, 1.54) is 54.1 Å².